The first-order valence-corrected chi connectivity index (χ1v) is 8.95. The molecule has 0 aromatic heterocycles. The summed E-state index contributed by atoms with van der Waals surface area (Å²) in [4.78, 5) is 14.2. The number of hydrogen-bond acceptors (Lipinski definition) is 4. The van der Waals surface area contributed by atoms with Gasteiger partial charge in [0.05, 0.1) is 12.5 Å². The first-order chi connectivity index (χ1) is 12.2. The molecule has 0 atom stereocenters. The van der Waals surface area contributed by atoms with Crippen molar-refractivity contribution < 1.29 is 14.3 Å². The number of rotatable bonds is 6. The van der Waals surface area contributed by atoms with E-state index in [0.717, 1.165) is 44.0 Å². The molecule has 0 bridgehead atoms. The number of piperidine rings is 1. The number of ether oxygens (including phenoxy) is 2. The molecule has 4 heteroatoms. The van der Waals surface area contributed by atoms with E-state index < -0.39 is 0 Å². The minimum Gasteiger partial charge on any atom is -0.466 e. The van der Waals surface area contributed by atoms with Crippen LogP contribution in [0.3, 0.4) is 0 Å². The van der Waals surface area contributed by atoms with Crippen LogP contribution < -0.4 is 4.74 Å². The first kappa shape index (κ1) is 17.5. The lowest BCUT2D eigenvalue weighted by Crippen LogP contribution is -2.36. The second-order valence-corrected chi connectivity index (χ2v) is 6.36. The first-order valence-electron chi connectivity index (χ1n) is 8.95. The molecule has 1 heterocycles. The van der Waals surface area contributed by atoms with Crippen molar-refractivity contribution in [3.05, 3.63) is 60.2 Å². The Kier molecular flexibility index (Phi) is 6.07. The Morgan fingerprint density at radius 3 is 2.28 bits per heavy atom. The monoisotopic (exact) mass is 339 g/mol. The normalized spacial score (nSPS) is 15.7. The Labute approximate surface area is 149 Å². The molecule has 25 heavy (non-hydrogen) atoms. The van der Waals surface area contributed by atoms with Gasteiger partial charge in [0.2, 0.25) is 0 Å². The molecule has 4 nitrogen and oxygen atoms in total. The van der Waals surface area contributed by atoms with Gasteiger partial charge in [-0.3, -0.25) is 9.69 Å². The average Bonchev–Trinajstić information content (AvgIpc) is 2.65. The summed E-state index contributed by atoms with van der Waals surface area (Å²) in [5, 5.41) is 0. The lowest BCUT2D eigenvalue weighted by molar-refractivity contribution is -0.149. The zero-order valence-electron chi connectivity index (χ0n) is 14.7. The fraction of sp³-hybridized carbons (Fsp3) is 0.381. The maximum Gasteiger partial charge on any atom is 0.309 e. The van der Waals surface area contributed by atoms with Gasteiger partial charge in [0.15, 0.2) is 0 Å². The van der Waals surface area contributed by atoms with Gasteiger partial charge in [0.1, 0.15) is 11.5 Å². The molecule has 1 aliphatic heterocycles. The van der Waals surface area contributed by atoms with Gasteiger partial charge in [-0.15, -0.1) is 0 Å². The van der Waals surface area contributed by atoms with E-state index in [1.165, 1.54) is 5.56 Å². The molecule has 0 N–H and O–H groups in total. The van der Waals surface area contributed by atoms with Gasteiger partial charge >= 0.3 is 5.97 Å². The zero-order chi connectivity index (χ0) is 17.5. The molecule has 0 spiro atoms. The molecular weight excluding hydrogens is 314 g/mol. The van der Waals surface area contributed by atoms with Crippen LogP contribution in [0.2, 0.25) is 0 Å². The quantitative estimate of drug-likeness (QED) is 0.737. The maximum absolute atomic E-state index is 11.8. The molecule has 132 valence electrons. The number of nitrogens with zero attached hydrogens (tertiary/aromatic N) is 1. The Morgan fingerprint density at radius 1 is 1.00 bits per heavy atom. The zero-order valence-corrected chi connectivity index (χ0v) is 14.7. The van der Waals surface area contributed by atoms with Gasteiger partial charge in [-0.05, 0) is 62.7 Å². The molecule has 0 aliphatic carbocycles. The van der Waals surface area contributed by atoms with Gasteiger partial charge < -0.3 is 9.47 Å². The highest BCUT2D eigenvalue weighted by Gasteiger charge is 2.25. The molecule has 2 aromatic carbocycles. The molecular formula is C21H25NO3. The third kappa shape index (κ3) is 5.07. The van der Waals surface area contributed by atoms with Crippen LogP contribution in [0.4, 0.5) is 0 Å². The third-order valence-corrected chi connectivity index (χ3v) is 4.52. The van der Waals surface area contributed by atoms with E-state index in [-0.39, 0.29) is 11.9 Å². The average molecular weight is 339 g/mol. The predicted octanol–water partition coefficient (Wildman–Crippen LogP) is 4.25. The molecule has 1 aliphatic rings. The van der Waals surface area contributed by atoms with E-state index in [2.05, 4.69) is 17.0 Å². The second kappa shape index (κ2) is 8.67. The van der Waals surface area contributed by atoms with Gasteiger partial charge in [0.25, 0.3) is 0 Å². The Morgan fingerprint density at radius 2 is 1.64 bits per heavy atom. The fourth-order valence-corrected chi connectivity index (χ4v) is 3.13. The summed E-state index contributed by atoms with van der Waals surface area (Å²) >= 11 is 0. The molecule has 0 saturated carbocycles. The van der Waals surface area contributed by atoms with Crippen molar-refractivity contribution in [1.29, 1.82) is 0 Å². The van der Waals surface area contributed by atoms with Crippen molar-refractivity contribution in [3.8, 4) is 11.5 Å². The number of para-hydroxylation sites is 1. The fourth-order valence-electron chi connectivity index (χ4n) is 3.13. The number of carbonyl (C=O) groups is 1. The summed E-state index contributed by atoms with van der Waals surface area (Å²) in [6.07, 6.45) is 1.77. The van der Waals surface area contributed by atoms with Gasteiger partial charge in [-0.1, -0.05) is 30.3 Å². The Balaban J connectivity index is 1.48. The van der Waals surface area contributed by atoms with Crippen LogP contribution in [-0.2, 0) is 16.1 Å². The van der Waals surface area contributed by atoms with Crippen molar-refractivity contribution in [2.75, 3.05) is 19.7 Å². The Hall–Kier alpha value is -2.33. The number of carbonyl (C=O) groups excluding carboxylic acids is 1. The highest BCUT2D eigenvalue weighted by Crippen LogP contribution is 2.23. The molecule has 2 aromatic rings. The lowest BCUT2D eigenvalue weighted by atomic mass is 9.96. The van der Waals surface area contributed by atoms with Crippen molar-refractivity contribution in [2.24, 2.45) is 5.92 Å². The number of esters is 1. The van der Waals surface area contributed by atoms with E-state index in [1.54, 1.807) is 0 Å². The van der Waals surface area contributed by atoms with Crippen LogP contribution in [0.5, 0.6) is 11.5 Å². The van der Waals surface area contributed by atoms with Gasteiger partial charge in [0, 0.05) is 6.54 Å². The van der Waals surface area contributed by atoms with Gasteiger partial charge in [-0.2, -0.15) is 0 Å². The van der Waals surface area contributed by atoms with Crippen molar-refractivity contribution in [1.82, 2.24) is 4.90 Å². The van der Waals surface area contributed by atoms with E-state index >= 15 is 0 Å². The lowest BCUT2D eigenvalue weighted by Gasteiger charge is -2.30. The summed E-state index contributed by atoms with van der Waals surface area (Å²) in [5.74, 6) is 1.72. The number of likely N-dealkylation sites (tertiary alicyclic amines) is 1. The molecule has 0 amide bonds. The summed E-state index contributed by atoms with van der Waals surface area (Å²) in [5.41, 5.74) is 1.26. The van der Waals surface area contributed by atoms with Gasteiger partial charge in [-0.25, -0.2) is 0 Å². The van der Waals surface area contributed by atoms with Crippen LogP contribution >= 0.6 is 0 Å². The Bertz CT molecular complexity index is 661. The highest BCUT2D eigenvalue weighted by atomic mass is 16.5. The minimum absolute atomic E-state index is 0.0374. The van der Waals surface area contributed by atoms with Crippen molar-refractivity contribution >= 4 is 5.97 Å². The number of benzene rings is 2. The van der Waals surface area contributed by atoms with E-state index in [9.17, 15) is 4.79 Å². The van der Waals surface area contributed by atoms with Crippen LogP contribution in [-0.4, -0.2) is 30.6 Å². The topological polar surface area (TPSA) is 38.8 Å². The van der Waals surface area contributed by atoms with E-state index in [4.69, 9.17) is 9.47 Å². The van der Waals surface area contributed by atoms with Crippen molar-refractivity contribution in [3.63, 3.8) is 0 Å². The van der Waals surface area contributed by atoms with Crippen LogP contribution in [0.15, 0.2) is 54.6 Å². The highest BCUT2D eigenvalue weighted by molar-refractivity contribution is 5.72. The maximum atomic E-state index is 11.8. The molecule has 0 radical (unpaired) electrons. The largest absolute Gasteiger partial charge is 0.466 e. The predicted molar refractivity (Wildman–Crippen MR) is 97.6 cm³/mol. The van der Waals surface area contributed by atoms with Crippen LogP contribution in [0, 0.1) is 5.92 Å². The molecule has 0 unspecified atom stereocenters. The van der Waals surface area contributed by atoms with E-state index in [0.29, 0.717) is 6.61 Å². The summed E-state index contributed by atoms with van der Waals surface area (Å²) in [7, 11) is 0. The van der Waals surface area contributed by atoms with Crippen LogP contribution in [0.1, 0.15) is 25.3 Å². The van der Waals surface area contributed by atoms with Crippen LogP contribution in [0.25, 0.3) is 0 Å². The summed E-state index contributed by atoms with van der Waals surface area (Å²) in [6.45, 7) is 5.10. The molecule has 3 rings (SSSR count). The SMILES string of the molecule is CCOC(=O)C1CCN(Cc2ccc(Oc3ccccc3)cc2)CC1. The second-order valence-electron chi connectivity index (χ2n) is 6.36. The molecule has 1 fully saturated rings. The summed E-state index contributed by atoms with van der Waals surface area (Å²) < 4.78 is 10.9. The molecule has 1 saturated heterocycles. The standard InChI is InChI=1S/C21H25NO3/c1-2-24-21(23)18-12-14-22(15-13-18)16-17-8-10-20(11-9-17)25-19-6-4-3-5-7-19/h3-11,18H,2,12-16H2,1H3. The smallest absolute Gasteiger partial charge is 0.309 e. The van der Waals surface area contributed by atoms with Crippen molar-refractivity contribution in [2.45, 2.75) is 26.3 Å². The minimum atomic E-state index is -0.0374. The summed E-state index contributed by atoms with van der Waals surface area (Å²) in [6, 6.07) is 18.0. The third-order valence-electron chi connectivity index (χ3n) is 4.52. The number of hydrogen-bond donors (Lipinski definition) is 0. The van der Waals surface area contributed by atoms with E-state index in [1.807, 2.05) is 49.4 Å².